The van der Waals surface area contributed by atoms with Crippen molar-refractivity contribution in [3.63, 3.8) is 0 Å². The number of piperidine rings is 1. The van der Waals surface area contributed by atoms with Gasteiger partial charge >= 0.3 is 0 Å². The number of halogens is 1. The summed E-state index contributed by atoms with van der Waals surface area (Å²) in [7, 11) is 0. The lowest BCUT2D eigenvalue weighted by molar-refractivity contribution is 0.0744. The maximum absolute atomic E-state index is 13.9. The van der Waals surface area contributed by atoms with Gasteiger partial charge in [0.25, 0.3) is 0 Å². The van der Waals surface area contributed by atoms with Crippen molar-refractivity contribution in [3.8, 4) is 5.75 Å². The van der Waals surface area contributed by atoms with Gasteiger partial charge in [-0.3, -0.25) is 0 Å². The van der Waals surface area contributed by atoms with E-state index in [1.807, 2.05) is 12.1 Å². The molecular formula is C22H24FNO. The van der Waals surface area contributed by atoms with Gasteiger partial charge in [-0.05, 0) is 68.5 Å². The van der Waals surface area contributed by atoms with Gasteiger partial charge in [0, 0.05) is 17.5 Å². The van der Waals surface area contributed by atoms with E-state index in [1.165, 1.54) is 31.0 Å². The third kappa shape index (κ3) is 2.65. The lowest BCUT2D eigenvalue weighted by Gasteiger charge is -2.42. The highest BCUT2D eigenvalue weighted by molar-refractivity contribution is 5.48. The predicted molar refractivity (Wildman–Crippen MR) is 96.3 cm³/mol. The Kier molecular flexibility index (Phi) is 3.60. The molecule has 130 valence electrons. The molecule has 0 N–H and O–H groups in total. The molecular weight excluding hydrogens is 313 g/mol. The minimum Gasteiger partial charge on any atom is -0.484 e. The Morgan fingerprint density at radius 3 is 2.60 bits per heavy atom. The van der Waals surface area contributed by atoms with Crippen molar-refractivity contribution in [1.29, 1.82) is 0 Å². The molecule has 2 aromatic carbocycles. The maximum atomic E-state index is 13.9. The summed E-state index contributed by atoms with van der Waals surface area (Å²) in [4.78, 5) is 2.62. The zero-order valence-corrected chi connectivity index (χ0v) is 14.5. The fourth-order valence-electron chi connectivity index (χ4n) is 4.75. The highest BCUT2D eigenvalue weighted by Crippen LogP contribution is 2.55. The fraction of sp³-hybridized carbons (Fsp3) is 0.455. The molecule has 2 aromatic rings. The second-order valence-electron chi connectivity index (χ2n) is 7.95. The number of fused-ring (bicyclic) bond motifs is 2. The normalized spacial score (nSPS) is 24.9. The van der Waals surface area contributed by atoms with Gasteiger partial charge in [-0.25, -0.2) is 4.39 Å². The zero-order valence-electron chi connectivity index (χ0n) is 14.5. The average molecular weight is 337 g/mol. The smallest absolute Gasteiger partial charge is 0.134 e. The minimum atomic E-state index is -0.182. The van der Waals surface area contributed by atoms with Crippen LogP contribution in [0.4, 0.5) is 4.39 Å². The van der Waals surface area contributed by atoms with Gasteiger partial charge in [-0.1, -0.05) is 30.3 Å². The summed E-state index contributed by atoms with van der Waals surface area (Å²) < 4.78 is 20.2. The van der Waals surface area contributed by atoms with E-state index in [1.54, 1.807) is 12.1 Å². The number of para-hydroxylation sites is 1. The quantitative estimate of drug-likeness (QED) is 0.805. The Morgan fingerprint density at radius 1 is 1.04 bits per heavy atom. The zero-order chi connectivity index (χ0) is 16.9. The van der Waals surface area contributed by atoms with Crippen LogP contribution in [0.1, 0.15) is 42.9 Å². The van der Waals surface area contributed by atoms with Crippen molar-refractivity contribution in [2.24, 2.45) is 5.92 Å². The van der Waals surface area contributed by atoms with Crippen molar-refractivity contribution >= 4 is 0 Å². The second-order valence-corrected chi connectivity index (χ2v) is 7.95. The van der Waals surface area contributed by atoms with Crippen LogP contribution >= 0.6 is 0 Å². The molecule has 0 aromatic heterocycles. The number of likely N-dealkylation sites (tertiary alicyclic amines) is 1. The first-order chi connectivity index (χ1) is 12.2. The third-order valence-electron chi connectivity index (χ3n) is 6.28. The van der Waals surface area contributed by atoms with Crippen molar-refractivity contribution in [3.05, 3.63) is 65.5 Å². The molecule has 1 saturated heterocycles. The maximum Gasteiger partial charge on any atom is 0.134 e. The van der Waals surface area contributed by atoms with Crippen LogP contribution in [0.15, 0.2) is 48.5 Å². The van der Waals surface area contributed by atoms with Crippen LogP contribution in [-0.4, -0.2) is 24.5 Å². The van der Waals surface area contributed by atoms with E-state index >= 15 is 0 Å². The monoisotopic (exact) mass is 337 g/mol. The highest BCUT2D eigenvalue weighted by Gasteiger charge is 2.51. The topological polar surface area (TPSA) is 12.5 Å². The largest absolute Gasteiger partial charge is 0.484 e. The van der Waals surface area contributed by atoms with Gasteiger partial charge < -0.3 is 9.64 Å². The fourth-order valence-corrected chi connectivity index (χ4v) is 4.75. The SMILES string of the molecule is Fc1cccc(C2Oc3ccccc3C23CCN(CC2CC2)CC3)c1. The van der Waals surface area contributed by atoms with E-state index in [0.717, 1.165) is 43.2 Å². The van der Waals surface area contributed by atoms with E-state index in [-0.39, 0.29) is 17.3 Å². The Hall–Kier alpha value is -1.87. The average Bonchev–Trinajstić information content (AvgIpc) is 3.40. The molecule has 3 heteroatoms. The summed E-state index contributed by atoms with van der Waals surface area (Å²) in [6, 6.07) is 15.4. The first kappa shape index (κ1) is 15.4. The summed E-state index contributed by atoms with van der Waals surface area (Å²) in [5.74, 6) is 1.73. The molecule has 2 heterocycles. The van der Waals surface area contributed by atoms with Crippen molar-refractivity contribution in [1.82, 2.24) is 4.90 Å². The second kappa shape index (κ2) is 5.84. The first-order valence-corrected chi connectivity index (χ1v) is 9.49. The van der Waals surface area contributed by atoms with Crippen LogP contribution in [0.3, 0.4) is 0 Å². The first-order valence-electron chi connectivity index (χ1n) is 9.49. The standard InChI is InChI=1S/C22H24FNO/c23-18-5-3-4-17(14-18)21-22(19-6-1-2-7-20(19)25-21)10-12-24(13-11-22)15-16-8-9-16/h1-7,14,16,21H,8-13,15H2. The van der Waals surface area contributed by atoms with Gasteiger partial charge in [0.2, 0.25) is 0 Å². The van der Waals surface area contributed by atoms with Gasteiger partial charge in [0.05, 0.1) is 0 Å². The lowest BCUT2D eigenvalue weighted by Crippen LogP contribution is -2.45. The Bertz CT molecular complexity index is 777. The molecule has 0 amide bonds. The van der Waals surface area contributed by atoms with Crippen LogP contribution in [0, 0.1) is 11.7 Å². The number of hydrogen-bond donors (Lipinski definition) is 0. The molecule has 2 fully saturated rings. The number of rotatable bonds is 3. The highest BCUT2D eigenvalue weighted by atomic mass is 19.1. The predicted octanol–water partition coefficient (Wildman–Crippen LogP) is 4.70. The number of benzene rings is 2. The molecule has 1 unspecified atom stereocenters. The minimum absolute atomic E-state index is 0.0234. The molecule has 2 nitrogen and oxygen atoms in total. The summed E-state index contributed by atoms with van der Waals surface area (Å²) in [5, 5.41) is 0. The number of ether oxygens (including phenoxy) is 1. The van der Waals surface area contributed by atoms with E-state index < -0.39 is 0 Å². The summed E-state index contributed by atoms with van der Waals surface area (Å²) in [6.07, 6.45) is 4.89. The molecule has 5 rings (SSSR count). The third-order valence-corrected chi connectivity index (χ3v) is 6.28. The van der Waals surface area contributed by atoms with Crippen molar-refractivity contribution < 1.29 is 9.13 Å². The lowest BCUT2D eigenvalue weighted by atomic mass is 9.68. The Morgan fingerprint density at radius 2 is 1.84 bits per heavy atom. The van der Waals surface area contributed by atoms with Crippen LogP contribution < -0.4 is 4.74 Å². The molecule has 0 bridgehead atoms. The van der Waals surface area contributed by atoms with Crippen LogP contribution in [0.5, 0.6) is 5.75 Å². The summed E-state index contributed by atoms with van der Waals surface area (Å²) in [6.45, 7) is 3.48. The van der Waals surface area contributed by atoms with E-state index in [9.17, 15) is 4.39 Å². The molecule has 1 saturated carbocycles. The van der Waals surface area contributed by atoms with Crippen LogP contribution in [0.2, 0.25) is 0 Å². The van der Waals surface area contributed by atoms with Crippen molar-refractivity contribution in [2.75, 3.05) is 19.6 Å². The van der Waals surface area contributed by atoms with Crippen LogP contribution in [-0.2, 0) is 5.41 Å². The van der Waals surface area contributed by atoms with Crippen LogP contribution in [0.25, 0.3) is 0 Å². The summed E-state index contributed by atoms with van der Waals surface area (Å²) in [5.41, 5.74) is 2.26. The van der Waals surface area contributed by atoms with Gasteiger partial charge in [-0.15, -0.1) is 0 Å². The number of hydrogen-bond acceptors (Lipinski definition) is 2. The molecule has 2 aliphatic heterocycles. The van der Waals surface area contributed by atoms with Gasteiger partial charge in [-0.2, -0.15) is 0 Å². The molecule has 25 heavy (non-hydrogen) atoms. The van der Waals surface area contributed by atoms with Gasteiger partial charge in [0.1, 0.15) is 17.7 Å². The number of nitrogens with zero attached hydrogens (tertiary/aromatic N) is 1. The molecule has 0 radical (unpaired) electrons. The van der Waals surface area contributed by atoms with Crippen molar-refractivity contribution in [2.45, 2.75) is 37.2 Å². The van der Waals surface area contributed by atoms with E-state index in [0.29, 0.717) is 0 Å². The molecule has 1 aliphatic carbocycles. The van der Waals surface area contributed by atoms with E-state index in [2.05, 4.69) is 23.1 Å². The van der Waals surface area contributed by atoms with Gasteiger partial charge in [0.15, 0.2) is 0 Å². The van der Waals surface area contributed by atoms with E-state index in [4.69, 9.17) is 4.74 Å². The summed E-state index contributed by atoms with van der Waals surface area (Å²) >= 11 is 0. The molecule has 1 atom stereocenters. The Labute approximate surface area is 148 Å². The molecule has 3 aliphatic rings. The Balaban J connectivity index is 1.49. The molecule has 1 spiro atoms.